The van der Waals surface area contributed by atoms with E-state index in [2.05, 4.69) is 21.3 Å². The number of hydrogen-bond acceptors (Lipinski definition) is 6. The number of fused-ring (bicyclic) bond motifs is 3. The van der Waals surface area contributed by atoms with Crippen molar-refractivity contribution in [2.75, 3.05) is 11.9 Å². The molecule has 1 heterocycles. The van der Waals surface area contributed by atoms with Crippen molar-refractivity contribution < 1.29 is 33.8 Å². The molecule has 1 fully saturated rings. The van der Waals surface area contributed by atoms with Crippen LogP contribution in [0.25, 0.3) is 11.1 Å². The topological polar surface area (TPSA) is 163 Å². The van der Waals surface area contributed by atoms with Crippen LogP contribution >= 0.6 is 0 Å². The summed E-state index contributed by atoms with van der Waals surface area (Å²) in [6.45, 7) is 0.0592. The van der Waals surface area contributed by atoms with Crippen LogP contribution in [-0.4, -0.2) is 53.7 Å². The van der Waals surface area contributed by atoms with Gasteiger partial charge < -0.3 is 25.8 Å². The summed E-state index contributed by atoms with van der Waals surface area (Å²) in [5.74, 6) is -2.49. The first kappa shape index (κ1) is 26.4. The number of urea groups is 1. The van der Waals surface area contributed by atoms with Gasteiger partial charge in [-0.2, -0.15) is 0 Å². The molecule has 5 N–H and O–H groups in total. The number of imide groups is 1. The van der Waals surface area contributed by atoms with Crippen LogP contribution in [0.2, 0.25) is 0 Å². The van der Waals surface area contributed by atoms with Crippen LogP contribution in [0.4, 0.5) is 15.3 Å². The van der Waals surface area contributed by atoms with E-state index in [4.69, 9.17) is 4.74 Å². The number of carboxylic acid groups (broad SMARTS) is 1. The molecule has 0 radical (unpaired) electrons. The molecule has 40 heavy (non-hydrogen) atoms. The van der Waals surface area contributed by atoms with Gasteiger partial charge in [-0.3, -0.25) is 14.9 Å². The van der Waals surface area contributed by atoms with Crippen LogP contribution in [-0.2, 0) is 25.5 Å². The van der Waals surface area contributed by atoms with Crippen LogP contribution in [0.15, 0.2) is 72.8 Å². The zero-order valence-corrected chi connectivity index (χ0v) is 21.2. The summed E-state index contributed by atoms with van der Waals surface area (Å²) in [5.41, 5.74) is 5.26. The molecule has 11 nitrogen and oxygen atoms in total. The van der Waals surface area contributed by atoms with E-state index in [1.165, 1.54) is 0 Å². The Morgan fingerprint density at radius 2 is 1.55 bits per heavy atom. The fourth-order valence-corrected chi connectivity index (χ4v) is 4.94. The van der Waals surface area contributed by atoms with Gasteiger partial charge in [0.2, 0.25) is 11.8 Å². The normalized spacial score (nSPS) is 16.6. The predicted molar refractivity (Wildman–Crippen MR) is 143 cm³/mol. The van der Waals surface area contributed by atoms with E-state index in [1.807, 2.05) is 48.5 Å². The number of ether oxygens (including phenoxy) is 1. The highest BCUT2D eigenvalue weighted by molar-refractivity contribution is 6.05. The summed E-state index contributed by atoms with van der Waals surface area (Å²) in [6.07, 6.45) is -1.04. The number of alkyl carbamates (subject to hydrolysis) is 1. The Hall–Kier alpha value is -5.19. The molecule has 1 aliphatic heterocycles. The number of anilines is 1. The Bertz CT molecular complexity index is 1430. The largest absolute Gasteiger partial charge is 0.480 e. The van der Waals surface area contributed by atoms with Crippen molar-refractivity contribution in [2.45, 2.75) is 30.8 Å². The number of carbonyl (C=O) groups excluding carboxylic acids is 4. The second-order valence-electron chi connectivity index (χ2n) is 9.53. The number of rotatable bonds is 8. The maximum Gasteiger partial charge on any atom is 0.407 e. The van der Waals surface area contributed by atoms with Gasteiger partial charge in [-0.25, -0.2) is 14.4 Å². The molecule has 0 saturated carbocycles. The van der Waals surface area contributed by atoms with Gasteiger partial charge in [0.1, 0.15) is 18.7 Å². The minimum atomic E-state index is -1.24. The molecule has 1 aliphatic carbocycles. The molecule has 204 valence electrons. The fourth-order valence-electron chi connectivity index (χ4n) is 4.94. The summed E-state index contributed by atoms with van der Waals surface area (Å²) in [4.78, 5) is 59.8. The van der Waals surface area contributed by atoms with Crippen molar-refractivity contribution in [3.05, 3.63) is 89.5 Å². The first-order chi connectivity index (χ1) is 19.3. The van der Waals surface area contributed by atoms with Crippen LogP contribution in [0, 0.1) is 0 Å². The standard InChI is InChI=1S/C29H26N4O7/c34-25-14-23(31-28(38)33-25)26(35)30-17-11-9-16(10-12-17)13-24(27(36)37)32-29(39)40-15-22-20-7-3-1-5-18(20)19-6-2-4-8-21(19)22/h1-12,22-24H,13-15H2,(H,30,35)(H,32,39)(H,36,37)(H2,31,33,34,38)/t23-,24-/m1/s1. The first-order valence-corrected chi connectivity index (χ1v) is 12.6. The maximum absolute atomic E-state index is 12.6. The van der Waals surface area contributed by atoms with Crippen LogP contribution in [0.5, 0.6) is 0 Å². The Labute approximate surface area is 228 Å². The molecule has 0 spiro atoms. The maximum atomic E-state index is 12.6. The Kier molecular flexibility index (Phi) is 7.45. The van der Waals surface area contributed by atoms with Gasteiger partial charge in [0.05, 0.1) is 6.42 Å². The Morgan fingerprint density at radius 3 is 2.15 bits per heavy atom. The van der Waals surface area contributed by atoms with E-state index in [1.54, 1.807) is 24.3 Å². The van der Waals surface area contributed by atoms with Gasteiger partial charge in [0.25, 0.3) is 0 Å². The van der Waals surface area contributed by atoms with Crippen molar-refractivity contribution >= 4 is 35.6 Å². The number of carboxylic acids is 1. The number of hydrogen-bond donors (Lipinski definition) is 5. The molecule has 2 atom stereocenters. The van der Waals surface area contributed by atoms with E-state index in [0.29, 0.717) is 11.3 Å². The molecular weight excluding hydrogens is 516 g/mol. The fraction of sp³-hybridized carbons (Fsp3) is 0.207. The minimum Gasteiger partial charge on any atom is -0.480 e. The molecule has 1 saturated heterocycles. The zero-order valence-electron chi connectivity index (χ0n) is 21.2. The molecule has 3 aromatic rings. The van der Waals surface area contributed by atoms with E-state index in [-0.39, 0.29) is 25.4 Å². The molecule has 0 bridgehead atoms. The summed E-state index contributed by atoms with van der Waals surface area (Å²) in [7, 11) is 0. The third kappa shape index (κ3) is 5.78. The molecule has 11 heteroatoms. The lowest BCUT2D eigenvalue weighted by Gasteiger charge is -2.22. The van der Waals surface area contributed by atoms with Gasteiger partial charge in [-0.05, 0) is 39.9 Å². The SMILES string of the molecule is O=C1C[C@H](C(=O)Nc2ccc(C[C@@H](NC(=O)OCC3c4ccccc4-c4ccccc43)C(=O)O)cc2)NC(=O)N1. The second kappa shape index (κ2) is 11.3. The third-order valence-corrected chi connectivity index (χ3v) is 6.86. The van der Waals surface area contributed by atoms with Crippen molar-refractivity contribution in [1.29, 1.82) is 0 Å². The van der Waals surface area contributed by atoms with Crippen molar-refractivity contribution in [1.82, 2.24) is 16.0 Å². The second-order valence-corrected chi connectivity index (χ2v) is 9.53. The van der Waals surface area contributed by atoms with E-state index >= 15 is 0 Å². The van der Waals surface area contributed by atoms with Crippen LogP contribution in [0.3, 0.4) is 0 Å². The molecular formula is C29H26N4O7. The molecule has 2 aliphatic rings. The molecule has 5 amide bonds. The average Bonchev–Trinajstić information content (AvgIpc) is 3.25. The average molecular weight is 543 g/mol. The zero-order chi connectivity index (χ0) is 28.2. The molecule has 0 aromatic heterocycles. The summed E-state index contributed by atoms with van der Waals surface area (Å²) in [6, 6.07) is 19.2. The third-order valence-electron chi connectivity index (χ3n) is 6.86. The lowest BCUT2D eigenvalue weighted by Crippen LogP contribution is -2.56. The summed E-state index contributed by atoms with van der Waals surface area (Å²) >= 11 is 0. The van der Waals surface area contributed by atoms with Crippen LogP contribution < -0.4 is 21.3 Å². The number of carbonyl (C=O) groups is 5. The van der Waals surface area contributed by atoms with E-state index in [9.17, 15) is 29.1 Å². The van der Waals surface area contributed by atoms with Crippen molar-refractivity contribution in [3.63, 3.8) is 0 Å². The van der Waals surface area contributed by atoms with E-state index in [0.717, 1.165) is 22.3 Å². The van der Waals surface area contributed by atoms with Gasteiger partial charge in [-0.1, -0.05) is 60.7 Å². The number of benzene rings is 3. The lowest BCUT2D eigenvalue weighted by molar-refractivity contribution is -0.139. The summed E-state index contributed by atoms with van der Waals surface area (Å²) in [5, 5.41) is 19.1. The monoisotopic (exact) mass is 542 g/mol. The van der Waals surface area contributed by atoms with Gasteiger partial charge in [0.15, 0.2) is 0 Å². The minimum absolute atomic E-state index is 0.0212. The van der Waals surface area contributed by atoms with Gasteiger partial charge >= 0.3 is 18.1 Å². The highest BCUT2D eigenvalue weighted by Gasteiger charge is 2.31. The number of aliphatic carboxylic acids is 1. The molecule has 3 aromatic carbocycles. The molecule has 5 rings (SSSR count). The van der Waals surface area contributed by atoms with E-state index < -0.39 is 42.0 Å². The first-order valence-electron chi connectivity index (χ1n) is 12.6. The quantitative estimate of drug-likeness (QED) is 0.292. The smallest absolute Gasteiger partial charge is 0.407 e. The van der Waals surface area contributed by atoms with Crippen molar-refractivity contribution in [3.8, 4) is 11.1 Å². The highest BCUT2D eigenvalue weighted by atomic mass is 16.5. The van der Waals surface area contributed by atoms with Crippen molar-refractivity contribution in [2.24, 2.45) is 0 Å². The van der Waals surface area contributed by atoms with Gasteiger partial charge in [-0.15, -0.1) is 0 Å². The van der Waals surface area contributed by atoms with Crippen LogP contribution in [0.1, 0.15) is 29.0 Å². The predicted octanol–water partition coefficient (Wildman–Crippen LogP) is 2.76. The Morgan fingerprint density at radius 1 is 0.925 bits per heavy atom. The molecule has 0 unspecified atom stereocenters. The summed E-state index contributed by atoms with van der Waals surface area (Å²) < 4.78 is 5.47. The lowest BCUT2D eigenvalue weighted by atomic mass is 9.98. The highest BCUT2D eigenvalue weighted by Crippen LogP contribution is 2.44. The number of nitrogens with one attached hydrogen (secondary N) is 4. The Balaban J connectivity index is 1.16. The number of amides is 5. The van der Waals surface area contributed by atoms with Gasteiger partial charge in [0, 0.05) is 18.0 Å².